The number of rotatable bonds is 15. The standard InChI is InChI=1S/C17H19ClFNO4.C16H18ClFO4S.C2H6/c1-3-11-8-15(12(18)9-13(11)19)24-14-6-5-7-20-17(14)23-10-16(21)22-4-2;1-4-11-7-14(12(17)8-13(11)18)23-9-15(19)21-5-6-22-16(20)10(2)3;1-2/h5-9,17,20H,3-4,10H2,1-2H3;7-8H,2,4-6,9H2,1,3H3;1-2H3. The van der Waals surface area contributed by atoms with Crippen molar-refractivity contribution in [1.82, 2.24) is 5.32 Å². The summed E-state index contributed by atoms with van der Waals surface area (Å²) in [4.78, 5) is 34.8. The van der Waals surface area contributed by atoms with Crippen molar-refractivity contribution in [2.75, 3.05) is 32.2 Å². The number of benzene rings is 2. The molecule has 0 aliphatic carbocycles. The Kier molecular flexibility index (Phi) is 21.0. The summed E-state index contributed by atoms with van der Waals surface area (Å²) in [7, 11) is 0. The third-order valence-corrected chi connectivity index (χ3v) is 7.75. The highest BCUT2D eigenvalue weighted by atomic mass is 35.5. The first-order valence-corrected chi connectivity index (χ1v) is 17.3. The molecule has 2 aromatic rings. The van der Waals surface area contributed by atoms with Crippen molar-refractivity contribution in [3.8, 4) is 5.75 Å². The number of hydrogen-bond acceptors (Lipinski definition) is 10. The number of hydrogen-bond donors (Lipinski definition) is 1. The van der Waals surface area contributed by atoms with Crippen molar-refractivity contribution < 1.29 is 46.8 Å². The van der Waals surface area contributed by atoms with Gasteiger partial charge in [0.25, 0.3) is 0 Å². The van der Waals surface area contributed by atoms with E-state index < -0.39 is 24.1 Å². The molecule has 14 heteroatoms. The van der Waals surface area contributed by atoms with Crippen molar-refractivity contribution in [3.05, 3.63) is 93.3 Å². The highest BCUT2D eigenvalue weighted by molar-refractivity contribution is 8.00. The van der Waals surface area contributed by atoms with E-state index in [-0.39, 0.29) is 59.4 Å². The van der Waals surface area contributed by atoms with Crippen molar-refractivity contribution in [2.24, 2.45) is 0 Å². The molecule has 0 aromatic heterocycles. The van der Waals surface area contributed by atoms with E-state index in [0.29, 0.717) is 40.4 Å². The number of ether oxygens (including phenoxy) is 5. The van der Waals surface area contributed by atoms with E-state index in [2.05, 4.69) is 11.9 Å². The molecule has 0 fully saturated rings. The van der Waals surface area contributed by atoms with Crippen LogP contribution in [-0.2, 0) is 46.2 Å². The second-order valence-corrected chi connectivity index (χ2v) is 11.4. The fraction of sp³-hybridized carbons (Fsp3) is 0.400. The summed E-state index contributed by atoms with van der Waals surface area (Å²) < 4.78 is 53.0. The monoisotopic (exact) mass is 745 g/mol. The summed E-state index contributed by atoms with van der Waals surface area (Å²) in [6.45, 7) is 14.4. The molecular weight excluding hydrogens is 703 g/mol. The zero-order valence-electron chi connectivity index (χ0n) is 28.5. The Balaban J connectivity index is 0.000000467. The van der Waals surface area contributed by atoms with Gasteiger partial charge in [0.2, 0.25) is 0 Å². The van der Waals surface area contributed by atoms with Gasteiger partial charge in [-0.1, -0.05) is 57.5 Å². The first-order valence-electron chi connectivity index (χ1n) is 15.5. The molecule has 0 radical (unpaired) electrons. The summed E-state index contributed by atoms with van der Waals surface area (Å²) in [5.41, 5.74) is 1.32. The first-order chi connectivity index (χ1) is 23.4. The third-order valence-electron chi connectivity index (χ3n) is 6.00. The Morgan fingerprint density at radius 1 is 0.898 bits per heavy atom. The van der Waals surface area contributed by atoms with E-state index in [0.717, 1.165) is 0 Å². The maximum Gasteiger partial charge on any atom is 0.333 e. The SMILES string of the molecule is C=C(C)C(=O)OCCOC(=O)CSc1cc(CC)c(F)cc1Cl.CC.CCOC(=O)COC1NC=CC=C1Oc1cc(CC)c(F)cc1Cl. The Bertz CT molecular complexity index is 1490. The van der Waals surface area contributed by atoms with E-state index in [9.17, 15) is 23.2 Å². The lowest BCUT2D eigenvalue weighted by Gasteiger charge is -2.23. The molecule has 270 valence electrons. The van der Waals surface area contributed by atoms with Gasteiger partial charge in [-0.25, -0.2) is 18.4 Å². The summed E-state index contributed by atoms with van der Waals surface area (Å²) in [6, 6.07) is 5.64. The molecule has 0 bridgehead atoms. The van der Waals surface area contributed by atoms with Crippen molar-refractivity contribution >= 4 is 52.9 Å². The van der Waals surface area contributed by atoms with Gasteiger partial charge in [-0.05, 0) is 80.4 Å². The summed E-state index contributed by atoms with van der Waals surface area (Å²) in [5.74, 6) is -1.45. The number of aryl methyl sites for hydroxylation is 2. The molecule has 1 aliphatic rings. The number of esters is 3. The number of carbonyl (C=O) groups excluding carboxylic acids is 3. The lowest BCUT2D eigenvalue weighted by Crippen LogP contribution is -2.35. The van der Waals surface area contributed by atoms with Crippen LogP contribution in [0.15, 0.2) is 65.4 Å². The van der Waals surface area contributed by atoms with Crippen LogP contribution in [0, 0.1) is 11.6 Å². The number of thioether (sulfide) groups is 1. The number of nitrogens with one attached hydrogen (secondary N) is 1. The van der Waals surface area contributed by atoms with Crippen molar-refractivity contribution in [2.45, 2.75) is 65.5 Å². The van der Waals surface area contributed by atoms with Gasteiger partial charge in [0, 0.05) is 10.5 Å². The Morgan fingerprint density at radius 2 is 1.51 bits per heavy atom. The second-order valence-electron chi connectivity index (χ2n) is 9.57. The molecule has 0 saturated carbocycles. The summed E-state index contributed by atoms with van der Waals surface area (Å²) >= 11 is 13.2. The van der Waals surface area contributed by atoms with Gasteiger partial charge < -0.3 is 29.0 Å². The number of carbonyl (C=O) groups is 3. The summed E-state index contributed by atoms with van der Waals surface area (Å²) in [5, 5.41) is 3.34. The molecule has 0 spiro atoms. The average Bonchev–Trinajstić information content (AvgIpc) is 3.08. The van der Waals surface area contributed by atoms with Crippen molar-refractivity contribution in [3.63, 3.8) is 0 Å². The molecular formula is C35H43Cl2F2NO8S. The molecule has 1 N–H and O–H groups in total. The number of allylic oxidation sites excluding steroid dienone is 2. The van der Waals surface area contributed by atoms with Crippen LogP contribution in [0.3, 0.4) is 0 Å². The van der Waals surface area contributed by atoms with Crippen LogP contribution in [-0.4, -0.2) is 56.3 Å². The Morgan fingerprint density at radius 3 is 2.12 bits per heavy atom. The molecule has 0 amide bonds. The van der Waals surface area contributed by atoms with Crippen LogP contribution in [0.2, 0.25) is 10.0 Å². The third kappa shape index (κ3) is 15.7. The smallest absolute Gasteiger partial charge is 0.333 e. The molecule has 49 heavy (non-hydrogen) atoms. The largest absolute Gasteiger partial charge is 0.464 e. The van der Waals surface area contributed by atoms with Gasteiger partial charge in [0.05, 0.1) is 22.4 Å². The van der Waals surface area contributed by atoms with Gasteiger partial charge in [-0.2, -0.15) is 0 Å². The zero-order chi connectivity index (χ0) is 36.9. The lowest BCUT2D eigenvalue weighted by molar-refractivity contribution is -0.150. The van der Waals surface area contributed by atoms with E-state index in [1.54, 1.807) is 37.4 Å². The normalized spacial score (nSPS) is 12.9. The topological polar surface area (TPSA) is 109 Å². The quantitative estimate of drug-likeness (QED) is 0.0631. The molecule has 1 aliphatic heterocycles. The van der Waals surface area contributed by atoms with Gasteiger partial charge in [0.15, 0.2) is 12.0 Å². The molecule has 1 unspecified atom stereocenters. The molecule has 0 saturated heterocycles. The second kappa shape index (κ2) is 23.7. The molecule has 3 rings (SSSR count). The predicted octanol–water partition coefficient (Wildman–Crippen LogP) is 8.15. The van der Waals surface area contributed by atoms with Crippen LogP contribution in [0.25, 0.3) is 0 Å². The Labute approximate surface area is 300 Å². The van der Waals surface area contributed by atoms with Crippen LogP contribution in [0.5, 0.6) is 5.75 Å². The first kappa shape index (κ1) is 43.4. The molecule has 1 atom stereocenters. The zero-order valence-corrected chi connectivity index (χ0v) is 30.8. The van der Waals surface area contributed by atoms with Crippen LogP contribution in [0.4, 0.5) is 8.78 Å². The minimum atomic E-state index is -0.675. The Hall–Kier alpha value is -3.58. The highest BCUT2D eigenvalue weighted by Crippen LogP contribution is 2.31. The van der Waals surface area contributed by atoms with E-state index in [1.807, 2.05) is 27.7 Å². The van der Waals surface area contributed by atoms with E-state index >= 15 is 0 Å². The average molecular weight is 747 g/mol. The predicted molar refractivity (Wildman–Crippen MR) is 188 cm³/mol. The van der Waals surface area contributed by atoms with Crippen LogP contribution < -0.4 is 10.1 Å². The van der Waals surface area contributed by atoms with Gasteiger partial charge in [-0.3, -0.25) is 4.79 Å². The molecule has 9 nitrogen and oxygen atoms in total. The number of halogens is 4. The maximum absolute atomic E-state index is 13.7. The van der Waals surface area contributed by atoms with Crippen LogP contribution >= 0.6 is 35.0 Å². The molecule has 2 aromatic carbocycles. The van der Waals surface area contributed by atoms with Gasteiger partial charge in [-0.15, -0.1) is 11.8 Å². The maximum atomic E-state index is 13.7. The van der Waals surface area contributed by atoms with E-state index in [4.69, 9.17) is 46.9 Å². The van der Waals surface area contributed by atoms with Crippen LogP contribution in [0.1, 0.15) is 52.7 Å². The van der Waals surface area contributed by atoms with Gasteiger partial charge in [0.1, 0.15) is 37.2 Å². The summed E-state index contributed by atoms with van der Waals surface area (Å²) in [6.07, 6.45) is 5.43. The minimum Gasteiger partial charge on any atom is -0.464 e. The fourth-order valence-electron chi connectivity index (χ4n) is 3.62. The van der Waals surface area contributed by atoms with Crippen molar-refractivity contribution in [1.29, 1.82) is 0 Å². The highest BCUT2D eigenvalue weighted by Gasteiger charge is 2.21. The van der Waals surface area contributed by atoms with E-state index in [1.165, 1.54) is 30.8 Å². The fourth-order valence-corrected chi connectivity index (χ4v) is 4.90. The molecule has 1 heterocycles. The van der Waals surface area contributed by atoms with Gasteiger partial charge >= 0.3 is 17.9 Å². The number of dihydropyridines is 1. The minimum absolute atomic E-state index is 0.0284. The lowest BCUT2D eigenvalue weighted by atomic mass is 10.1.